The molecule has 29 heavy (non-hydrogen) atoms. The van der Waals surface area contributed by atoms with Crippen molar-refractivity contribution in [3.8, 4) is 10.6 Å². The molecule has 0 radical (unpaired) electrons. The third kappa shape index (κ3) is 3.86. The number of aromatic nitrogens is 3. The van der Waals surface area contributed by atoms with E-state index in [0.717, 1.165) is 53.8 Å². The average Bonchev–Trinajstić information content (AvgIpc) is 3.17. The number of amides is 1. The molecule has 0 saturated carbocycles. The summed E-state index contributed by atoms with van der Waals surface area (Å²) in [4.78, 5) is 30.8. The zero-order valence-corrected chi connectivity index (χ0v) is 17.0. The van der Waals surface area contributed by atoms with Crippen molar-refractivity contribution in [1.82, 2.24) is 19.9 Å². The van der Waals surface area contributed by atoms with E-state index in [4.69, 9.17) is 10.8 Å². The van der Waals surface area contributed by atoms with Gasteiger partial charge in [0.1, 0.15) is 10.8 Å². The summed E-state index contributed by atoms with van der Waals surface area (Å²) in [5.74, 6) is 0.517. The van der Waals surface area contributed by atoms with Gasteiger partial charge in [-0.15, -0.1) is 0 Å². The summed E-state index contributed by atoms with van der Waals surface area (Å²) < 4.78 is 1.75. The third-order valence-corrected chi connectivity index (χ3v) is 5.84. The number of carbonyl (C=O) groups excluding carboxylic acids is 1. The van der Waals surface area contributed by atoms with Crippen LogP contribution in [0.25, 0.3) is 15.5 Å². The van der Waals surface area contributed by atoms with E-state index in [1.165, 1.54) is 11.3 Å². The Balaban J connectivity index is 1.82. The molecule has 9 nitrogen and oxygen atoms in total. The number of piperazine rings is 1. The fourth-order valence-electron chi connectivity index (χ4n) is 3.52. The lowest BCUT2D eigenvalue weighted by atomic mass is 10.0. The Hall–Kier alpha value is -2.82. The SMILES string of the molecule is CCc1c(NC(=O)CN)cccc1-c1nn2c(N3CCNCC3)cc(=O)nc2s1. The number of nitrogens with two attached hydrogens (primary N) is 1. The van der Waals surface area contributed by atoms with Crippen LogP contribution in [0.4, 0.5) is 11.5 Å². The summed E-state index contributed by atoms with van der Waals surface area (Å²) in [6.07, 6.45) is 0.710. The molecule has 10 heteroatoms. The predicted octanol–water partition coefficient (Wildman–Crippen LogP) is 0.687. The molecule has 1 aromatic carbocycles. The van der Waals surface area contributed by atoms with Gasteiger partial charge in [0.15, 0.2) is 0 Å². The minimum Gasteiger partial charge on any atom is -0.354 e. The molecule has 0 bridgehead atoms. The van der Waals surface area contributed by atoms with Gasteiger partial charge in [-0.2, -0.15) is 14.6 Å². The van der Waals surface area contributed by atoms with Crippen LogP contribution < -0.4 is 26.8 Å². The Bertz CT molecular complexity index is 1100. The van der Waals surface area contributed by atoms with Crippen molar-refractivity contribution < 1.29 is 4.79 Å². The molecule has 4 N–H and O–H groups in total. The Morgan fingerprint density at radius 2 is 2.14 bits per heavy atom. The molecule has 4 rings (SSSR count). The Morgan fingerprint density at radius 1 is 1.34 bits per heavy atom. The third-order valence-electron chi connectivity index (χ3n) is 4.90. The quantitative estimate of drug-likeness (QED) is 0.563. The van der Waals surface area contributed by atoms with Crippen LogP contribution in [-0.4, -0.2) is 53.2 Å². The molecule has 1 fully saturated rings. The van der Waals surface area contributed by atoms with Gasteiger partial charge in [-0.25, -0.2) is 0 Å². The second-order valence-corrected chi connectivity index (χ2v) is 7.68. The van der Waals surface area contributed by atoms with Gasteiger partial charge in [-0.05, 0) is 18.1 Å². The molecule has 0 aliphatic carbocycles. The molecular weight excluding hydrogens is 390 g/mol. The summed E-state index contributed by atoms with van der Waals surface area (Å²) in [5.41, 5.74) is 7.78. The van der Waals surface area contributed by atoms with Crippen LogP contribution in [0.3, 0.4) is 0 Å². The normalized spacial score (nSPS) is 14.3. The molecule has 1 saturated heterocycles. The van der Waals surface area contributed by atoms with Gasteiger partial charge in [0.25, 0.3) is 5.56 Å². The zero-order chi connectivity index (χ0) is 20.4. The van der Waals surface area contributed by atoms with Crippen LogP contribution >= 0.6 is 11.3 Å². The van der Waals surface area contributed by atoms with Crippen molar-refractivity contribution in [2.45, 2.75) is 13.3 Å². The molecule has 1 aliphatic rings. The summed E-state index contributed by atoms with van der Waals surface area (Å²) in [6.45, 7) is 5.28. The molecular formula is C19H23N7O2S. The van der Waals surface area contributed by atoms with Crippen molar-refractivity contribution in [1.29, 1.82) is 0 Å². The summed E-state index contributed by atoms with van der Waals surface area (Å²) in [7, 11) is 0. The van der Waals surface area contributed by atoms with Crippen molar-refractivity contribution in [3.05, 3.63) is 40.2 Å². The maximum Gasteiger partial charge on any atom is 0.276 e. The van der Waals surface area contributed by atoms with Crippen molar-refractivity contribution in [2.75, 3.05) is 42.9 Å². The number of rotatable bonds is 5. The number of hydrogen-bond acceptors (Lipinski definition) is 8. The van der Waals surface area contributed by atoms with E-state index in [0.29, 0.717) is 11.4 Å². The second kappa shape index (κ2) is 8.27. The zero-order valence-electron chi connectivity index (χ0n) is 16.1. The standard InChI is InChI=1S/C19H23N7O2S/c1-2-12-13(4-3-5-14(12)22-16(28)11-20)18-24-26-17(25-8-6-21-7-9-25)10-15(27)23-19(26)29-18/h3-5,10,21H,2,6-9,11,20H2,1H3,(H,22,28). The van der Waals surface area contributed by atoms with Crippen LogP contribution in [-0.2, 0) is 11.2 Å². The van der Waals surface area contributed by atoms with Crippen LogP contribution in [0, 0.1) is 0 Å². The summed E-state index contributed by atoms with van der Waals surface area (Å²) >= 11 is 1.37. The number of hydrogen-bond donors (Lipinski definition) is 3. The number of anilines is 2. The van der Waals surface area contributed by atoms with E-state index in [2.05, 4.69) is 20.5 Å². The van der Waals surface area contributed by atoms with E-state index < -0.39 is 0 Å². The number of nitrogens with zero attached hydrogens (tertiary/aromatic N) is 4. The fraction of sp³-hybridized carbons (Fsp3) is 0.368. The highest BCUT2D eigenvalue weighted by Gasteiger charge is 2.19. The van der Waals surface area contributed by atoms with E-state index >= 15 is 0 Å². The van der Waals surface area contributed by atoms with Gasteiger partial charge in [-0.1, -0.05) is 30.4 Å². The topological polar surface area (TPSA) is 118 Å². The predicted molar refractivity (Wildman–Crippen MR) is 115 cm³/mol. The van der Waals surface area contributed by atoms with Crippen LogP contribution in [0.1, 0.15) is 12.5 Å². The molecule has 0 unspecified atom stereocenters. The van der Waals surface area contributed by atoms with Crippen LogP contribution in [0.2, 0.25) is 0 Å². The monoisotopic (exact) mass is 413 g/mol. The van der Waals surface area contributed by atoms with Crippen LogP contribution in [0.5, 0.6) is 0 Å². The number of benzene rings is 1. The smallest absolute Gasteiger partial charge is 0.276 e. The molecule has 1 amide bonds. The van der Waals surface area contributed by atoms with Gasteiger partial charge >= 0.3 is 0 Å². The average molecular weight is 414 g/mol. The van der Waals surface area contributed by atoms with Crippen molar-refractivity contribution in [2.24, 2.45) is 5.73 Å². The van der Waals surface area contributed by atoms with Gasteiger partial charge in [0, 0.05) is 43.5 Å². The van der Waals surface area contributed by atoms with Crippen molar-refractivity contribution in [3.63, 3.8) is 0 Å². The molecule has 3 heterocycles. The van der Waals surface area contributed by atoms with Gasteiger partial charge in [-0.3, -0.25) is 9.59 Å². The molecule has 0 atom stereocenters. The van der Waals surface area contributed by atoms with Gasteiger partial charge < -0.3 is 21.3 Å². The summed E-state index contributed by atoms with van der Waals surface area (Å²) in [6, 6.07) is 7.25. The van der Waals surface area contributed by atoms with E-state index in [9.17, 15) is 9.59 Å². The van der Waals surface area contributed by atoms with E-state index in [1.54, 1.807) is 10.6 Å². The van der Waals surface area contributed by atoms with E-state index in [1.807, 2.05) is 25.1 Å². The van der Waals surface area contributed by atoms with Gasteiger partial charge in [0.05, 0.1) is 6.54 Å². The highest BCUT2D eigenvalue weighted by molar-refractivity contribution is 7.19. The first-order valence-electron chi connectivity index (χ1n) is 9.59. The first kappa shape index (κ1) is 19.5. The highest BCUT2D eigenvalue weighted by Crippen LogP contribution is 2.33. The Labute approximate surface area is 171 Å². The lowest BCUT2D eigenvalue weighted by Crippen LogP contribution is -2.44. The highest BCUT2D eigenvalue weighted by atomic mass is 32.1. The van der Waals surface area contributed by atoms with Crippen molar-refractivity contribution >= 4 is 33.7 Å². The number of fused-ring (bicyclic) bond motifs is 1. The molecule has 1 aliphatic heterocycles. The summed E-state index contributed by atoms with van der Waals surface area (Å²) in [5, 5.41) is 11.7. The maximum absolute atomic E-state index is 12.2. The first-order chi connectivity index (χ1) is 14.1. The molecule has 2 aromatic heterocycles. The minimum absolute atomic E-state index is 0.0748. The fourth-order valence-corrected chi connectivity index (χ4v) is 4.47. The largest absolute Gasteiger partial charge is 0.354 e. The van der Waals surface area contributed by atoms with Gasteiger partial charge in [0.2, 0.25) is 10.9 Å². The number of carbonyl (C=O) groups is 1. The Kier molecular flexibility index (Phi) is 5.56. The molecule has 152 valence electrons. The van der Waals surface area contributed by atoms with Crippen LogP contribution in [0.15, 0.2) is 29.1 Å². The lowest BCUT2D eigenvalue weighted by molar-refractivity contribution is -0.114. The van der Waals surface area contributed by atoms with E-state index in [-0.39, 0.29) is 18.0 Å². The first-order valence-corrected chi connectivity index (χ1v) is 10.4. The minimum atomic E-state index is -0.270. The second-order valence-electron chi connectivity index (χ2n) is 6.73. The molecule has 3 aromatic rings. The number of nitrogens with one attached hydrogen (secondary N) is 2. The lowest BCUT2D eigenvalue weighted by Gasteiger charge is -2.28. The Morgan fingerprint density at radius 3 is 2.86 bits per heavy atom. The molecule has 0 spiro atoms. The maximum atomic E-state index is 12.2.